The highest BCUT2D eigenvalue weighted by molar-refractivity contribution is 5.72. The third kappa shape index (κ3) is 0.424. The fourth-order valence-corrected chi connectivity index (χ4v) is 1.10. The summed E-state index contributed by atoms with van der Waals surface area (Å²) in [5.41, 5.74) is 5.67. The Labute approximate surface area is 58.9 Å². The van der Waals surface area contributed by atoms with Crippen molar-refractivity contribution in [2.45, 2.75) is 0 Å². The molecule has 0 aromatic carbocycles. The molecule has 0 fully saturated rings. The van der Waals surface area contributed by atoms with Crippen molar-refractivity contribution in [3.8, 4) is 0 Å². The van der Waals surface area contributed by atoms with Crippen LogP contribution in [0.3, 0.4) is 0 Å². The third-order valence-corrected chi connectivity index (χ3v) is 1.87. The highest BCUT2D eigenvalue weighted by Crippen LogP contribution is 2.25. The van der Waals surface area contributed by atoms with Crippen LogP contribution >= 0.6 is 0 Å². The van der Waals surface area contributed by atoms with Gasteiger partial charge in [0.15, 0.2) is 0 Å². The molecule has 0 aromatic heterocycles. The average molecular weight is 137 g/mol. The van der Waals surface area contributed by atoms with E-state index in [1.54, 1.807) is 12.4 Å². The van der Waals surface area contributed by atoms with E-state index in [9.17, 15) is 0 Å². The minimum absolute atomic E-state index is 0.361. The summed E-state index contributed by atoms with van der Waals surface area (Å²) in [5, 5.41) is 7.20. The molecule has 0 radical (unpaired) electrons. The summed E-state index contributed by atoms with van der Waals surface area (Å²) in [6.07, 6.45) is 5.43. The third-order valence-electron chi connectivity index (χ3n) is 1.87. The van der Waals surface area contributed by atoms with Crippen molar-refractivity contribution >= 4 is 6.21 Å². The molecule has 10 heavy (non-hydrogen) atoms. The summed E-state index contributed by atoms with van der Waals surface area (Å²) in [4.78, 5) is 0. The van der Waals surface area contributed by atoms with Crippen molar-refractivity contribution in [3.63, 3.8) is 0 Å². The zero-order valence-electron chi connectivity index (χ0n) is 5.70. The molecule has 0 saturated carbocycles. The lowest BCUT2D eigenvalue weighted by Gasteiger charge is -2.17. The number of hydrogen-bond donors (Lipinski definition) is 2. The predicted molar refractivity (Wildman–Crippen MR) is 38.2 cm³/mol. The van der Waals surface area contributed by atoms with Gasteiger partial charge in [-0.15, -0.1) is 4.59 Å². The van der Waals surface area contributed by atoms with Crippen LogP contribution in [0.1, 0.15) is 0 Å². The Morgan fingerprint density at radius 2 is 2.50 bits per heavy atom. The predicted octanol–water partition coefficient (Wildman–Crippen LogP) is -0.365. The average Bonchev–Trinajstić information content (AvgIpc) is 2.36. The highest BCUT2D eigenvalue weighted by atomic mass is 15.7. The Balaban J connectivity index is 2.51. The summed E-state index contributed by atoms with van der Waals surface area (Å²) in [6, 6.07) is 0. The SMILES string of the molecule is C[N+]12N=CC=C1NC=C2N. The Hall–Kier alpha value is -1.29. The van der Waals surface area contributed by atoms with Gasteiger partial charge in [-0.2, -0.15) is 0 Å². The fraction of sp³-hybridized carbons (Fsp3) is 0.167. The maximum atomic E-state index is 5.67. The summed E-state index contributed by atoms with van der Waals surface area (Å²) < 4.78 is 0.361. The summed E-state index contributed by atoms with van der Waals surface area (Å²) in [6.45, 7) is 0. The molecule has 2 aliphatic heterocycles. The maximum absolute atomic E-state index is 5.67. The molecule has 3 N–H and O–H groups in total. The van der Waals surface area contributed by atoms with E-state index < -0.39 is 0 Å². The van der Waals surface area contributed by atoms with Crippen LogP contribution in [0.5, 0.6) is 0 Å². The van der Waals surface area contributed by atoms with Crippen molar-refractivity contribution < 1.29 is 4.59 Å². The molecular formula is C6H9N4+. The normalized spacial score (nSPS) is 34.9. The molecule has 2 heterocycles. The van der Waals surface area contributed by atoms with Crippen LogP contribution in [-0.4, -0.2) is 17.9 Å². The summed E-state index contributed by atoms with van der Waals surface area (Å²) in [5.74, 6) is 1.73. The number of fused-ring (bicyclic) bond motifs is 1. The van der Waals surface area contributed by atoms with E-state index in [-0.39, 0.29) is 0 Å². The van der Waals surface area contributed by atoms with Gasteiger partial charge in [0, 0.05) is 6.08 Å². The number of quaternary nitrogens is 1. The van der Waals surface area contributed by atoms with E-state index in [2.05, 4.69) is 10.4 Å². The zero-order valence-corrected chi connectivity index (χ0v) is 5.70. The van der Waals surface area contributed by atoms with E-state index in [1.165, 1.54) is 0 Å². The minimum Gasteiger partial charge on any atom is -0.351 e. The lowest BCUT2D eigenvalue weighted by atomic mass is 10.6. The van der Waals surface area contributed by atoms with Crippen LogP contribution in [0.4, 0.5) is 0 Å². The monoisotopic (exact) mass is 137 g/mol. The Morgan fingerprint density at radius 1 is 1.70 bits per heavy atom. The minimum atomic E-state index is 0.361. The largest absolute Gasteiger partial charge is 0.351 e. The zero-order chi connectivity index (χ0) is 7.19. The molecule has 2 rings (SSSR count). The van der Waals surface area contributed by atoms with Crippen LogP contribution in [0.25, 0.3) is 0 Å². The number of nitrogens with one attached hydrogen (secondary N) is 1. The number of hydrogen-bond acceptors (Lipinski definition) is 3. The molecule has 0 aliphatic carbocycles. The molecule has 52 valence electrons. The van der Waals surface area contributed by atoms with Gasteiger partial charge >= 0.3 is 0 Å². The van der Waals surface area contributed by atoms with Gasteiger partial charge in [0.05, 0.1) is 12.4 Å². The van der Waals surface area contributed by atoms with Gasteiger partial charge in [0.2, 0.25) is 11.6 Å². The topological polar surface area (TPSA) is 50.4 Å². The first-order valence-corrected chi connectivity index (χ1v) is 3.09. The second kappa shape index (κ2) is 1.41. The standard InChI is InChI=1S/C6H9N4/c1-10-5(7)4-8-6(10)2-3-9-10/h2-4,8H,7H2,1H3/q+1. The molecule has 0 aromatic rings. The van der Waals surface area contributed by atoms with E-state index in [0.717, 1.165) is 11.6 Å². The number of rotatable bonds is 0. The first kappa shape index (κ1) is 5.49. The molecule has 1 unspecified atom stereocenters. The smallest absolute Gasteiger partial charge is 0.248 e. The lowest BCUT2D eigenvalue weighted by molar-refractivity contribution is -0.836. The van der Waals surface area contributed by atoms with Gasteiger partial charge in [0.1, 0.15) is 7.05 Å². The number of nitrogens with two attached hydrogens (primary N) is 1. The molecule has 0 spiro atoms. The Morgan fingerprint density at radius 3 is 3.20 bits per heavy atom. The Kier molecular flexibility index (Phi) is 0.772. The van der Waals surface area contributed by atoms with E-state index in [4.69, 9.17) is 5.73 Å². The highest BCUT2D eigenvalue weighted by Gasteiger charge is 2.38. The van der Waals surface area contributed by atoms with Crippen molar-refractivity contribution in [3.05, 3.63) is 23.9 Å². The number of nitrogens with zero attached hydrogens (tertiary/aromatic N) is 2. The van der Waals surface area contributed by atoms with E-state index in [0.29, 0.717) is 4.59 Å². The van der Waals surface area contributed by atoms with Gasteiger partial charge in [-0.1, -0.05) is 5.10 Å². The maximum Gasteiger partial charge on any atom is 0.248 e. The van der Waals surface area contributed by atoms with E-state index >= 15 is 0 Å². The van der Waals surface area contributed by atoms with Crippen molar-refractivity contribution in [2.75, 3.05) is 7.05 Å². The molecule has 0 saturated heterocycles. The quantitative estimate of drug-likeness (QED) is 0.448. The van der Waals surface area contributed by atoms with Gasteiger partial charge in [-0.3, -0.25) is 0 Å². The van der Waals surface area contributed by atoms with Crippen molar-refractivity contribution in [1.29, 1.82) is 0 Å². The second-order valence-corrected chi connectivity index (χ2v) is 2.49. The molecule has 2 aliphatic rings. The van der Waals surface area contributed by atoms with Gasteiger partial charge in [0.25, 0.3) is 0 Å². The molecular weight excluding hydrogens is 128 g/mol. The van der Waals surface area contributed by atoms with Crippen molar-refractivity contribution in [2.24, 2.45) is 10.8 Å². The molecule has 4 heteroatoms. The Bertz CT molecular complexity index is 263. The van der Waals surface area contributed by atoms with Crippen molar-refractivity contribution in [1.82, 2.24) is 5.32 Å². The van der Waals surface area contributed by atoms with Crippen LogP contribution < -0.4 is 11.1 Å². The van der Waals surface area contributed by atoms with Gasteiger partial charge < -0.3 is 11.1 Å². The van der Waals surface area contributed by atoms with E-state index in [1.807, 2.05) is 13.1 Å². The summed E-state index contributed by atoms with van der Waals surface area (Å²) in [7, 11) is 1.93. The van der Waals surface area contributed by atoms with Gasteiger partial charge in [-0.25, -0.2) is 0 Å². The molecule has 0 bridgehead atoms. The fourth-order valence-electron chi connectivity index (χ4n) is 1.10. The molecule has 4 nitrogen and oxygen atoms in total. The first-order valence-electron chi connectivity index (χ1n) is 3.09. The van der Waals surface area contributed by atoms with Crippen LogP contribution in [0.2, 0.25) is 0 Å². The van der Waals surface area contributed by atoms with Crippen LogP contribution in [0, 0.1) is 0 Å². The first-order chi connectivity index (χ1) is 4.73. The van der Waals surface area contributed by atoms with Gasteiger partial charge in [-0.05, 0) is 0 Å². The number of allylic oxidation sites excluding steroid dienone is 1. The molecule has 1 atom stereocenters. The second-order valence-electron chi connectivity index (χ2n) is 2.49. The van der Waals surface area contributed by atoms with Crippen LogP contribution in [-0.2, 0) is 0 Å². The lowest BCUT2D eigenvalue weighted by Crippen LogP contribution is -2.36. The summed E-state index contributed by atoms with van der Waals surface area (Å²) >= 11 is 0. The van der Waals surface area contributed by atoms with Crippen LogP contribution in [0.15, 0.2) is 29.0 Å². The molecule has 0 amide bonds.